The summed E-state index contributed by atoms with van der Waals surface area (Å²) in [6.07, 6.45) is 0.925. The lowest BCUT2D eigenvalue weighted by Gasteiger charge is -2.00. The van der Waals surface area contributed by atoms with Crippen LogP contribution in [0.5, 0.6) is 0 Å². The molecule has 0 fully saturated rings. The van der Waals surface area contributed by atoms with Crippen LogP contribution in [0.1, 0.15) is 19.3 Å². The Morgan fingerprint density at radius 1 is 1.36 bits per heavy atom. The maximum absolute atomic E-state index is 9.90. The minimum atomic E-state index is -0.796. The van der Waals surface area contributed by atoms with Gasteiger partial charge in [0.1, 0.15) is 0 Å². The summed E-state index contributed by atoms with van der Waals surface area (Å²) in [5.74, 6) is -0.796. The first-order chi connectivity index (χ1) is 4.13. The molecule has 11 heavy (non-hydrogen) atoms. The van der Waals surface area contributed by atoms with Crippen molar-refractivity contribution < 1.29 is 9.90 Å². The molecule has 0 radical (unpaired) electrons. The highest BCUT2D eigenvalue weighted by Gasteiger charge is 1.97. The maximum Gasteiger partial charge on any atom is 0.303 e. The molecule has 0 spiro atoms. The highest BCUT2D eigenvalue weighted by Crippen LogP contribution is 1.94. The molecule has 0 unspecified atom stereocenters. The molecule has 0 rings (SSSR count). The normalized spacial score (nSPS) is 8.27. The quantitative estimate of drug-likeness (QED) is 0.577. The summed E-state index contributed by atoms with van der Waals surface area (Å²) in [6, 6.07) is 0. The molecule has 0 aromatic heterocycles. The summed E-state index contributed by atoms with van der Waals surface area (Å²) in [5.41, 5.74) is 10.3. The minimum Gasteiger partial charge on any atom is -0.481 e. The zero-order valence-corrected chi connectivity index (χ0v) is 7.66. The number of rotatable bonds is 4. The van der Waals surface area contributed by atoms with Gasteiger partial charge in [-0.1, -0.05) is 0 Å². The van der Waals surface area contributed by atoms with Crippen molar-refractivity contribution in [3.05, 3.63) is 0 Å². The molecule has 0 saturated heterocycles. The van der Waals surface area contributed by atoms with E-state index in [-0.39, 0.29) is 37.4 Å². The first kappa shape index (κ1) is 17.2. The van der Waals surface area contributed by atoms with E-state index in [1.54, 1.807) is 0 Å². The highest BCUT2D eigenvalue weighted by molar-refractivity contribution is 5.85. The van der Waals surface area contributed by atoms with Crippen LogP contribution in [0.2, 0.25) is 0 Å². The molecule has 6 heteroatoms. The number of carbonyl (C=O) groups is 1. The van der Waals surface area contributed by atoms with Crippen molar-refractivity contribution in [1.82, 2.24) is 0 Å². The van der Waals surface area contributed by atoms with Crippen LogP contribution < -0.4 is 11.5 Å². The predicted octanol–water partition coefficient (Wildman–Crippen LogP) is 0.328. The van der Waals surface area contributed by atoms with Crippen molar-refractivity contribution in [3.63, 3.8) is 0 Å². The summed E-state index contributed by atoms with van der Waals surface area (Å²) in [7, 11) is 0. The second-order valence-corrected chi connectivity index (χ2v) is 1.95. The summed E-state index contributed by atoms with van der Waals surface area (Å²) in [6.45, 7) is 0. The first-order valence-corrected chi connectivity index (χ1v) is 2.86. The molecule has 0 bridgehead atoms. The Bertz CT molecular complexity index is 100. The van der Waals surface area contributed by atoms with Gasteiger partial charge in [0.05, 0.1) is 6.17 Å². The second-order valence-electron chi connectivity index (χ2n) is 1.95. The van der Waals surface area contributed by atoms with Crippen LogP contribution in [0.3, 0.4) is 0 Å². The summed E-state index contributed by atoms with van der Waals surface area (Å²) in [5, 5.41) is 8.14. The lowest BCUT2D eigenvalue weighted by Crippen LogP contribution is -2.30. The van der Waals surface area contributed by atoms with E-state index >= 15 is 0 Å². The van der Waals surface area contributed by atoms with Crippen molar-refractivity contribution >= 4 is 30.8 Å². The van der Waals surface area contributed by atoms with E-state index in [0.717, 1.165) is 0 Å². The van der Waals surface area contributed by atoms with Crippen LogP contribution in [0.4, 0.5) is 0 Å². The Hall–Kier alpha value is -0.0300. The van der Waals surface area contributed by atoms with Crippen molar-refractivity contribution in [2.75, 3.05) is 0 Å². The Kier molecular flexibility index (Phi) is 15.6. The van der Waals surface area contributed by atoms with Gasteiger partial charge in [-0.3, -0.25) is 4.79 Å². The third-order valence-electron chi connectivity index (χ3n) is 0.928. The molecule has 0 aromatic carbocycles. The smallest absolute Gasteiger partial charge is 0.303 e. The van der Waals surface area contributed by atoms with Crippen LogP contribution in [0, 0.1) is 0 Å². The average Bonchev–Trinajstić information content (AvgIpc) is 1.63. The standard InChI is InChI=1S/C5H12N2O2.2ClH/c6-4(7)2-1-3-5(8)9;;/h4H,1-3,6-7H2,(H,8,9);2*1H. The molecule has 0 aliphatic carbocycles. The highest BCUT2D eigenvalue weighted by atomic mass is 35.5. The molecule has 0 atom stereocenters. The monoisotopic (exact) mass is 204 g/mol. The van der Waals surface area contributed by atoms with E-state index in [0.29, 0.717) is 12.8 Å². The van der Waals surface area contributed by atoms with Crippen LogP contribution in [-0.4, -0.2) is 17.2 Å². The topological polar surface area (TPSA) is 89.3 Å². The van der Waals surface area contributed by atoms with Crippen LogP contribution in [-0.2, 0) is 4.79 Å². The van der Waals surface area contributed by atoms with E-state index in [4.69, 9.17) is 16.6 Å². The molecule has 0 aliphatic rings. The molecular formula is C5H14Cl2N2O2. The number of carboxylic acid groups (broad SMARTS) is 1. The molecule has 0 heterocycles. The van der Waals surface area contributed by atoms with Crippen molar-refractivity contribution in [2.24, 2.45) is 11.5 Å². The minimum absolute atomic E-state index is 0. The molecule has 70 valence electrons. The number of nitrogens with two attached hydrogens (primary N) is 2. The van der Waals surface area contributed by atoms with Gasteiger partial charge in [-0.15, -0.1) is 24.8 Å². The zero-order chi connectivity index (χ0) is 7.28. The molecule has 5 N–H and O–H groups in total. The lowest BCUT2D eigenvalue weighted by atomic mass is 10.2. The van der Waals surface area contributed by atoms with E-state index < -0.39 is 5.97 Å². The maximum atomic E-state index is 9.90. The summed E-state index contributed by atoms with van der Waals surface area (Å²) < 4.78 is 0. The average molecular weight is 205 g/mol. The van der Waals surface area contributed by atoms with Crippen molar-refractivity contribution in [3.8, 4) is 0 Å². The third kappa shape index (κ3) is 17.8. The van der Waals surface area contributed by atoms with Gasteiger partial charge in [0.2, 0.25) is 0 Å². The number of hydrogen-bond acceptors (Lipinski definition) is 3. The Morgan fingerprint density at radius 2 is 1.82 bits per heavy atom. The fourth-order valence-electron chi connectivity index (χ4n) is 0.489. The Labute approximate surface area is 78.1 Å². The fraction of sp³-hybridized carbons (Fsp3) is 0.800. The zero-order valence-electron chi connectivity index (χ0n) is 6.03. The third-order valence-corrected chi connectivity index (χ3v) is 0.928. The van der Waals surface area contributed by atoms with Crippen molar-refractivity contribution in [2.45, 2.75) is 25.4 Å². The lowest BCUT2D eigenvalue weighted by molar-refractivity contribution is -0.137. The van der Waals surface area contributed by atoms with Gasteiger partial charge in [0, 0.05) is 6.42 Å². The van der Waals surface area contributed by atoms with E-state index in [1.807, 2.05) is 0 Å². The molecule has 4 nitrogen and oxygen atoms in total. The fourth-order valence-corrected chi connectivity index (χ4v) is 0.489. The number of carboxylic acids is 1. The molecule has 0 amide bonds. The molecular weight excluding hydrogens is 191 g/mol. The van der Waals surface area contributed by atoms with Gasteiger partial charge in [0.15, 0.2) is 0 Å². The van der Waals surface area contributed by atoms with Crippen LogP contribution in [0.25, 0.3) is 0 Å². The van der Waals surface area contributed by atoms with E-state index in [1.165, 1.54) is 0 Å². The van der Waals surface area contributed by atoms with Gasteiger partial charge in [0.25, 0.3) is 0 Å². The number of aliphatic carboxylic acids is 1. The largest absolute Gasteiger partial charge is 0.481 e. The van der Waals surface area contributed by atoms with Gasteiger partial charge >= 0.3 is 5.97 Å². The molecule has 0 saturated carbocycles. The number of hydrogen-bond donors (Lipinski definition) is 3. The van der Waals surface area contributed by atoms with Crippen molar-refractivity contribution in [1.29, 1.82) is 0 Å². The first-order valence-electron chi connectivity index (χ1n) is 2.86. The summed E-state index contributed by atoms with van der Waals surface area (Å²) >= 11 is 0. The molecule has 0 aliphatic heterocycles. The van der Waals surface area contributed by atoms with Gasteiger partial charge < -0.3 is 16.6 Å². The van der Waals surface area contributed by atoms with Gasteiger partial charge in [-0.25, -0.2) is 0 Å². The van der Waals surface area contributed by atoms with E-state index in [2.05, 4.69) is 0 Å². The predicted molar refractivity (Wildman–Crippen MR) is 48.1 cm³/mol. The van der Waals surface area contributed by atoms with E-state index in [9.17, 15) is 4.79 Å². The Morgan fingerprint density at radius 3 is 2.09 bits per heavy atom. The van der Waals surface area contributed by atoms with Gasteiger partial charge in [-0.2, -0.15) is 0 Å². The summed E-state index contributed by atoms with van der Waals surface area (Å²) in [4.78, 5) is 9.90. The SMILES string of the molecule is Cl.Cl.NC(N)CCCC(=O)O. The number of halogens is 2. The van der Waals surface area contributed by atoms with Gasteiger partial charge in [-0.05, 0) is 12.8 Å². The van der Waals surface area contributed by atoms with Crippen LogP contribution in [0.15, 0.2) is 0 Å². The molecule has 0 aromatic rings. The van der Waals surface area contributed by atoms with Crippen LogP contribution >= 0.6 is 24.8 Å². The second kappa shape index (κ2) is 9.97. The Balaban J connectivity index is -0.000000320.